The SMILES string of the molecule is CNCCCNC(=O)c1ccc(-c2ccc(OC)cc2)cc1F. The molecule has 5 heteroatoms. The van der Waals surface area contributed by atoms with Crippen LogP contribution in [0.25, 0.3) is 11.1 Å². The molecule has 122 valence electrons. The van der Waals surface area contributed by atoms with Crippen molar-refractivity contribution in [3.8, 4) is 16.9 Å². The van der Waals surface area contributed by atoms with E-state index in [1.807, 2.05) is 31.3 Å². The van der Waals surface area contributed by atoms with Gasteiger partial charge in [0.05, 0.1) is 12.7 Å². The number of hydrogen-bond acceptors (Lipinski definition) is 3. The number of benzene rings is 2. The molecule has 0 aliphatic rings. The standard InChI is InChI=1S/C18H21FN2O2/c1-20-10-3-11-21-18(22)16-9-6-14(12-17(16)19)13-4-7-15(23-2)8-5-13/h4-9,12,20H,3,10-11H2,1-2H3,(H,21,22). The van der Waals surface area contributed by atoms with Gasteiger partial charge in [-0.1, -0.05) is 18.2 Å². The average Bonchev–Trinajstić information content (AvgIpc) is 2.58. The summed E-state index contributed by atoms with van der Waals surface area (Å²) in [6.07, 6.45) is 0.799. The first-order valence-electron chi connectivity index (χ1n) is 7.52. The molecule has 2 aromatic carbocycles. The lowest BCUT2D eigenvalue weighted by molar-refractivity contribution is 0.0949. The van der Waals surface area contributed by atoms with Gasteiger partial charge in [-0.2, -0.15) is 0 Å². The van der Waals surface area contributed by atoms with Crippen molar-refractivity contribution in [2.24, 2.45) is 0 Å². The fraction of sp³-hybridized carbons (Fsp3) is 0.278. The Bertz CT molecular complexity index is 657. The van der Waals surface area contributed by atoms with Crippen LogP contribution < -0.4 is 15.4 Å². The maximum atomic E-state index is 14.2. The fourth-order valence-corrected chi connectivity index (χ4v) is 2.22. The molecule has 0 spiro atoms. The molecule has 0 unspecified atom stereocenters. The van der Waals surface area contributed by atoms with Gasteiger partial charge in [0.1, 0.15) is 11.6 Å². The Balaban J connectivity index is 2.08. The maximum Gasteiger partial charge on any atom is 0.254 e. The van der Waals surface area contributed by atoms with Crippen molar-refractivity contribution in [3.05, 3.63) is 53.8 Å². The van der Waals surface area contributed by atoms with Gasteiger partial charge in [0.15, 0.2) is 0 Å². The highest BCUT2D eigenvalue weighted by Gasteiger charge is 2.12. The molecule has 0 saturated heterocycles. The van der Waals surface area contributed by atoms with Crippen LogP contribution in [0, 0.1) is 5.82 Å². The number of methoxy groups -OCH3 is 1. The first-order chi connectivity index (χ1) is 11.2. The molecular formula is C18H21FN2O2. The monoisotopic (exact) mass is 316 g/mol. The third-order valence-corrected chi connectivity index (χ3v) is 3.53. The van der Waals surface area contributed by atoms with Crippen LogP contribution in [0.15, 0.2) is 42.5 Å². The molecular weight excluding hydrogens is 295 g/mol. The smallest absolute Gasteiger partial charge is 0.254 e. The number of hydrogen-bond donors (Lipinski definition) is 2. The maximum absolute atomic E-state index is 14.2. The Hall–Kier alpha value is -2.40. The minimum absolute atomic E-state index is 0.0618. The van der Waals surface area contributed by atoms with Crippen LogP contribution in [-0.2, 0) is 0 Å². The molecule has 2 N–H and O–H groups in total. The number of halogens is 1. The van der Waals surface area contributed by atoms with Gasteiger partial charge >= 0.3 is 0 Å². The van der Waals surface area contributed by atoms with Gasteiger partial charge in [0, 0.05) is 6.54 Å². The number of ether oxygens (including phenoxy) is 1. The Morgan fingerprint density at radius 2 is 1.78 bits per heavy atom. The van der Waals surface area contributed by atoms with Gasteiger partial charge in [0.2, 0.25) is 0 Å². The number of amides is 1. The van der Waals surface area contributed by atoms with Gasteiger partial charge < -0.3 is 15.4 Å². The third-order valence-electron chi connectivity index (χ3n) is 3.53. The highest BCUT2D eigenvalue weighted by molar-refractivity contribution is 5.95. The second-order valence-corrected chi connectivity index (χ2v) is 5.14. The molecule has 0 aliphatic heterocycles. The molecule has 0 aliphatic carbocycles. The van der Waals surface area contributed by atoms with E-state index in [-0.39, 0.29) is 11.5 Å². The summed E-state index contributed by atoms with van der Waals surface area (Å²) in [4.78, 5) is 12.0. The summed E-state index contributed by atoms with van der Waals surface area (Å²) in [5, 5.41) is 5.71. The summed E-state index contributed by atoms with van der Waals surface area (Å²) in [7, 11) is 3.44. The number of carbonyl (C=O) groups excluding carboxylic acids is 1. The first kappa shape index (κ1) is 17.0. The van der Waals surface area contributed by atoms with Crippen molar-refractivity contribution in [3.63, 3.8) is 0 Å². The van der Waals surface area contributed by atoms with Gasteiger partial charge in [-0.15, -0.1) is 0 Å². The van der Waals surface area contributed by atoms with Crippen molar-refractivity contribution in [1.29, 1.82) is 0 Å². The third kappa shape index (κ3) is 4.53. The highest BCUT2D eigenvalue weighted by Crippen LogP contribution is 2.24. The van der Waals surface area contributed by atoms with Crippen molar-refractivity contribution in [1.82, 2.24) is 10.6 Å². The van der Waals surface area contributed by atoms with E-state index in [0.717, 1.165) is 29.8 Å². The first-order valence-corrected chi connectivity index (χ1v) is 7.52. The fourth-order valence-electron chi connectivity index (χ4n) is 2.22. The van der Waals surface area contributed by atoms with Crippen LogP contribution >= 0.6 is 0 Å². The Kier molecular flexibility index (Phi) is 6.11. The zero-order chi connectivity index (χ0) is 16.7. The molecule has 0 bridgehead atoms. The lowest BCUT2D eigenvalue weighted by Gasteiger charge is -2.08. The molecule has 4 nitrogen and oxygen atoms in total. The Morgan fingerprint density at radius 1 is 1.09 bits per heavy atom. The topological polar surface area (TPSA) is 50.4 Å². The van der Waals surface area contributed by atoms with Crippen LogP contribution in [0.1, 0.15) is 16.8 Å². The van der Waals surface area contributed by atoms with Crippen LogP contribution in [0.4, 0.5) is 4.39 Å². The molecule has 0 atom stereocenters. The summed E-state index contributed by atoms with van der Waals surface area (Å²) in [6, 6.07) is 12.0. The van der Waals surface area contributed by atoms with E-state index >= 15 is 0 Å². The number of carbonyl (C=O) groups is 1. The van der Waals surface area contributed by atoms with Gasteiger partial charge in [0.25, 0.3) is 5.91 Å². The van der Waals surface area contributed by atoms with Crippen molar-refractivity contribution < 1.29 is 13.9 Å². The van der Waals surface area contributed by atoms with Crippen LogP contribution in [0.2, 0.25) is 0 Å². The van der Waals surface area contributed by atoms with Gasteiger partial charge in [-0.05, 0) is 55.4 Å². The Labute approximate surface area is 135 Å². The Morgan fingerprint density at radius 3 is 2.39 bits per heavy atom. The second kappa shape index (κ2) is 8.29. The summed E-state index contributed by atoms with van der Waals surface area (Å²) in [5.41, 5.74) is 1.65. The summed E-state index contributed by atoms with van der Waals surface area (Å²) in [6.45, 7) is 1.32. The van der Waals surface area contributed by atoms with Crippen LogP contribution in [0.3, 0.4) is 0 Å². The molecule has 2 aromatic rings. The van der Waals surface area contributed by atoms with Crippen molar-refractivity contribution in [2.45, 2.75) is 6.42 Å². The molecule has 23 heavy (non-hydrogen) atoms. The summed E-state index contributed by atoms with van der Waals surface area (Å²) < 4.78 is 19.3. The van der Waals surface area contributed by atoms with E-state index in [1.165, 1.54) is 12.1 Å². The van der Waals surface area contributed by atoms with Gasteiger partial charge in [-0.3, -0.25) is 4.79 Å². The molecule has 0 aromatic heterocycles. The van der Waals surface area contributed by atoms with Crippen LogP contribution in [-0.4, -0.2) is 33.2 Å². The van der Waals surface area contributed by atoms with Crippen LogP contribution in [0.5, 0.6) is 5.75 Å². The lowest BCUT2D eigenvalue weighted by Crippen LogP contribution is -2.27. The van der Waals surface area contributed by atoms with E-state index in [0.29, 0.717) is 6.54 Å². The molecule has 0 saturated carbocycles. The number of rotatable bonds is 7. The van der Waals surface area contributed by atoms with E-state index < -0.39 is 5.82 Å². The quantitative estimate of drug-likeness (QED) is 0.772. The summed E-state index contributed by atoms with van der Waals surface area (Å²) in [5.74, 6) is -0.170. The predicted octanol–water partition coefficient (Wildman–Crippen LogP) is 2.84. The lowest BCUT2D eigenvalue weighted by atomic mass is 10.0. The van der Waals surface area contributed by atoms with E-state index in [9.17, 15) is 9.18 Å². The largest absolute Gasteiger partial charge is 0.497 e. The van der Waals surface area contributed by atoms with E-state index in [2.05, 4.69) is 10.6 Å². The number of nitrogens with one attached hydrogen (secondary N) is 2. The normalized spacial score (nSPS) is 10.4. The van der Waals surface area contributed by atoms with Crippen molar-refractivity contribution in [2.75, 3.05) is 27.2 Å². The molecule has 1 amide bonds. The zero-order valence-corrected chi connectivity index (χ0v) is 13.4. The predicted molar refractivity (Wildman–Crippen MR) is 89.3 cm³/mol. The van der Waals surface area contributed by atoms with E-state index in [4.69, 9.17) is 4.74 Å². The van der Waals surface area contributed by atoms with Crippen molar-refractivity contribution >= 4 is 5.91 Å². The highest BCUT2D eigenvalue weighted by atomic mass is 19.1. The molecule has 0 fully saturated rings. The van der Waals surface area contributed by atoms with Gasteiger partial charge in [-0.25, -0.2) is 4.39 Å². The average molecular weight is 316 g/mol. The summed E-state index contributed by atoms with van der Waals surface area (Å²) >= 11 is 0. The minimum Gasteiger partial charge on any atom is -0.497 e. The zero-order valence-electron chi connectivity index (χ0n) is 13.4. The second-order valence-electron chi connectivity index (χ2n) is 5.14. The van der Waals surface area contributed by atoms with E-state index in [1.54, 1.807) is 13.2 Å². The molecule has 0 heterocycles. The molecule has 0 radical (unpaired) electrons. The minimum atomic E-state index is -0.524. The molecule has 2 rings (SSSR count).